The number of hydrogen-bond donors (Lipinski definition) is 2. The van der Waals surface area contributed by atoms with Crippen molar-refractivity contribution in [3.05, 3.63) is 60.2 Å². The maximum absolute atomic E-state index is 12.2. The topological polar surface area (TPSA) is 58.6 Å². The van der Waals surface area contributed by atoms with Crippen LogP contribution in [-0.2, 0) is 11.2 Å². The molecule has 0 bridgehead atoms. The molecule has 2 N–H and O–H groups in total. The predicted molar refractivity (Wildman–Crippen MR) is 95.6 cm³/mol. The molecule has 3 rings (SSSR count). The van der Waals surface area contributed by atoms with Gasteiger partial charge in [-0.1, -0.05) is 36.8 Å². The highest BCUT2D eigenvalue weighted by Crippen LogP contribution is 2.39. The van der Waals surface area contributed by atoms with E-state index in [1.165, 1.54) is 0 Å². The van der Waals surface area contributed by atoms with E-state index in [0.717, 1.165) is 42.1 Å². The fraction of sp³-hybridized carbons (Fsp3) is 0.316. The molecule has 1 atom stereocenters. The van der Waals surface area contributed by atoms with Gasteiger partial charge in [0.1, 0.15) is 16.2 Å². The van der Waals surface area contributed by atoms with E-state index in [-0.39, 0.29) is 5.91 Å². The van der Waals surface area contributed by atoms with Crippen LogP contribution >= 0.6 is 11.8 Å². The molecule has 0 radical (unpaired) electrons. The summed E-state index contributed by atoms with van der Waals surface area (Å²) in [5.41, 5.74) is 2.92. The highest BCUT2D eigenvalue weighted by atomic mass is 32.2. The average molecular weight is 343 g/mol. The van der Waals surface area contributed by atoms with Crippen molar-refractivity contribution in [2.24, 2.45) is 0 Å². The summed E-state index contributed by atoms with van der Waals surface area (Å²) in [6.45, 7) is 0. The lowest BCUT2D eigenvalue weighted by Crippen LogP contribution is -2.46. The van der Waals surface area contributed by atoms with E-state index in [9.17, 15) is 4.79 Å². The minimum Gasteiger partial charge on any atom is -0.457 e. The van der Waals surface area contributed by atoms with Crippen molar-refractivity contribution < 1.29 is 14.7 Å². The van der Waals surface area contributed by atoms with Crippen LogP contribution in [0.5, 0.6) is 11.5 Å². The first-order valence-corrected chi connectivity index (χ1v) is 9.11. The summed E-state index contributed by atoms with van der Waals surface area (Å²) in [6, 6.07) is 17.4. The summed E-state index contributed by atoms with van der Waals surface area (Å²) in [4.78, 5) is 12.2. The highest BCUT2D eigenvalue weighted by Gasteiger charge is 2.40. The van der Waals surface area contributed by atoms with Crippen molar-refractivity contribution in [1.29, 1.82) is 0 Å². The predicted octanol–water partition coefficient (Wildman–Crippen LogP) is 4.18. The summed E-state index contributed by atoms with van der Waals surface area (Å²) in [5.74, 6) is 2.21. The van der Waals surface area contributed by atoms with Gasteiger partial charge in [0.2, 0.25) is 0 Å². The lowest BCUT2D eigenvalue weighted by atomic mass is 9.92. The molecule has 0 aliphatic carbocycles. The number of carbonyl (C=O) groups is 1. The maximum atomic E-state index is 12.2. The van der Waals surface area contributed by atoms with Gasteiger partial charge < -0.3 is 4.74 Å². The van der Waals surface area contributed by atoms with Crippen molar-refractivity contribution >= 4 is 17.7 Å². The molecule has 2 aromatic rings. The monoisotopic (exact) mass is 343 g/mol. The third-order valence-corrected chi connectivity index (χ3v) is 5.84. The van der Waals surface area contributed by atoms with Crippen LogP contribution in [0.3, 0.4) is 0 Å². The van der Waals surface area contributed by atoms with Gasteiger partial charge >= 0.3 is 0 Å². The Morgan fingerprint density at radius 3 is 2.42 bits per heavy atom. The quantitative estimate of drug-likeness (QED) is 0.631. The van der Waals surface area contributed by atoms with E-state index in [2.05, 4.69) is 0 Å². The highest BCUT2D eigenvalue weighted by molar-refractivity contribution is 8.01. The second-order valence-corrected chi connectivity index (χ2v) is 7.46. The molecule has 24 heavy (non-hydrogen) atoms. The Hall–Kier alpha value is -1.98. The molecule has 1 unspecified atom stereocenters. The largest absolute Gasteiger partial charge is 0.457 e. The molecule has 126 valence electrons. The van der Waals surface area contributed by atoms with Crippen molar-refractivity contribution in [3.63, 3.8) is 0 Å². The van der Waals surface area contributed by atoms with Gasteiger partial charge in [0.25, 0.3) is 5.91 Å². The Balaban J connectivity index is 1.71. The van der Waals surface area contributed by atoms with Crippen LogP contribution in [-0.4, -0.2) is 21.6 Å². The molecule has 1 heterocycles. The van der Waals surface area contributed by atoms with E-state index in [1.807, 2.05) is 60.1 Å². The number of rotatable bonds is 5. The number of thioether (sulfide) groups is 1. The SMILES string of the molecule is O=C(NO)C1(Cc2ccc(Oc3ccccc3)cc2)CCCCS1. The molecular formula is C19H21NO3S. The maximum Gasteiger partial charge on any atom is 0.259 e. The first kappa shape index (κ1) is 16.9. The summed E-state index contributed by atoms with van der Waals surface area (Å²) >= 11 is 1.64. The van der Waals surface area contributed by atoms with Crippen LogP contribution in [0.1, 0.15) is 24.8 Å². The number of ether oxygens (including phenoxy) is 1. The second kappa shape index (κ2) is 7.73. The zero-order valence-electron chi connectivity index (χ0n) is 13.4. The molecule has 0 aromatic heterocycles. The Morgan fingerprint density at radius 2 is 1.79 bits per heavy atom. The van der Waals surface area contributed by atoms with Crippen LogP contribution in [0.4, 0.5) is 0 Å². The van der Waals surface area contributed by atoms with Crippen molar-refractivity contribution in [3.8, 4) is 11.5 Å². The van der Waals surface area contributed by atoms with Gasteiger partial charge in [0, 0.05) is 0 Å². The molecule has 1 amide bonds. The van der Waals surface area contributed by atoms with Crippen molar-refractivity contribution in [2.75, 3.05) is 5.75 Å². The number of hydrogen-bond acceptors (Lipinski definition) is 4. The molecule has 1 aliphatic heterocycles. The Bertz CT molecular complexity index is 667. The smallest absolute Gasteiger partial charge is 0.259 e. The Labute approximate surface area is 146 Å². The van der Waals surface area contributed by atoms with Gasteiger partial charge in [-0.25, -0.2) is 5.48 Å². The fourth-order valence-corrected chi connectivity index (χ4v) is 4.46. The third kappa shape index (κ3) is 3.91. The Kier molecular flexibility index (Phi) is 5.43. The molecule has 0 saturated carbocycles. The molecule has 1 fully saturated rings. The third-order valence-electron chi connectivity index (χ3n) is 4.26. The molecule has 4 nitrogen and oxygen atoms in total. The normalized spacial score (nSPS) is 20.4. The molecular weight excluding hydrogens is 322 g/mol. The second-order valence-electron chi connectivity index (χ2n) is 5.98. The fourth-order valence-electron chi connectivity index (χ4n) is 2.98. The first-order valence-electron chi connectivity index (χ1n) is 8.12. The van der Waals surface area contributed by atoms with Crippen molar-refractivity contribution in [1.82, 2.24) is 5.48 Å². The van der Waals surface area contributed by atoms with Gasteiger partial charge in [-0.2, -0.15) is 0 Å². The number of carbonyl (C=O) groups excluding carboxylic acids is 1. The molecule has 0 spiro atoms. The van der Waals surface area contributed by atoms with Gasteiger partial charge in [-0.05, 0) is 54.8 Å². The lowest BCUT2D eigenvalue weighted by Gasteiger charge is -2.34. The van der Waals surface area contributed by atoms with Crippen LogP contribution in [0.2, 0.25) is 0 Å². The zero-order chi connectivity index (χ0) is 16.8. The van der Waals surface area contributed by atoms with E-state index < -0.39 is 4.75 Å². The lowest BCUT2D eigenvalue weighted by molar-refractivity contribution is -0.132. The van der Waals surface area contributed by atoms with Crippen LogP contribution in [0.15, 0.2) is 54.6 Å². The molecule has 1 aliphatic rings. The van der Waals surface area contributed by atoms with E-state index in [0.29, 0.717) is 6.42 Å². The van der Waals surface area contributed by atoms with E-state index in [1.54, 1.807) is 11.8 Å². The van der Waals surface area contributed by atoms with Crippen LogP contribution in [0, 0.1) is 0 Å². The first-order chi connectivity index (χ1) is 11.7. The number of amides is 1. The summed E-state index contributed by atoms with van der Waals surface area (Å²) < 4.78 is 5.22. The van der Waals surface area contributed by atoms with Gasteiger partial charge in [0.05, 0.1) is 0 Å². The zero-order valence-corrected chi connectivity index (χ0v) is 14.2. The van der Waals surface area contributed by atoms with Gasteiger partial charge in [0.15, 0.2) is 0 Å². The Morgan fingerprint density at radius 1 is 1.08 bits per heavy atom. The number of benzene rings is 2. The van der Waals surface area contributed by atoms with Gasteiger partial charge in [-0.15, -0.1) is 11.8 Å². The summed E-state index contributed by atoms with van der Waals surface area (Å²) in [5, 5.41) is 9.11. The van der Waals surface area contributed by atoms with Crippen molar-refractivity contribution in [2.45, 2.75) is 30.4 Å². The molecule has 2 aromatic carbocycles. The number of para-hydroxylation sites is 1. The summed E-state index contributed by atoms with van der Waals surface area (Å²) in [7, 11) is 0. The minimum atomic E-state index is -0.575. The molecule has 5 heteroatoms. The van der Waals surface area contributed by atoms with E-state index >= 15 is 0 Å². The standard InChI is InChI=1S/C19H21NO3S/c21-18(20-22)19(12-4-5-13-24-19)14-15-8-10-17(11-9-15)23-16-6-2-1-3-7-16/h1-3,6-11,22H,4-5,12-14H2,(H,20,21). The number of hydroxylamine groups is 1. The molecule has 1 saturated heterocycles. The minimum absolute atomic E-state index is 0.295. The average Bonchev–Trinajstić information content (AvgIpc) is 2.64. The van der Waals surface area contributed by atoms with Crippen LogP contribution in [0.25, 0.3) is 0 Å². The number of nitrogens with one attached hydrogen (secondary N) is 1. The summed E-state index contributed by atoms with van der Waals surface area (Å²) in [6.07, 6.45) is 3.52. The van der Waals surface area contributed by atoms with Crippen LogP contribution < -0.4 is 10.2 Å². The van der Waals surface area contributed by atoms with E-state index in [4.69, 9.17) is 9.94 Å². The van der Waals surface area contributed by atoms with Gasteiger partial charge in [-0.3, -0.25) is 10.0 Å².